The van der Waals surface area contributed by atoms with Crippen LogP contribution in [0.5, 0.6) is 0 Å². The molecule has 3 aromatic heterocycles. The molecule has 0 spiro atoms. The molecule has 0 fully saturated rings. The monoisotopic (exact) mass is 429 g/mol. The summed E-state index contributed by atoms with van der Waals surface area (Å²) < 4.78 is 4.07. The van der Waals surface area contributed by atoms with Gasteiger partial charge in [-0.3, -0.25) is 4.79 Å². The van der Waals surface area contributed by atoms with E-state index in [4.69, 9.17) is 0 Å². The lowest BCUT2D eigenvalue weighted by Crippen LogP contribution is -2.25. The molecule has 0 aromatic carbocycles. The molecule has 3 aromatic rings. The van der Waals surface area contributed by atoms with Gasteiger partial charge in [0.25, 0.3) is 5.91 Å². The predicted molar refractivity (Wildman–Crippen MR) is 120 cm³/mol. The number of carbonyl (C=O) groups is 1. The number of amides is 1. The molecule has 1 amide bonds. The van der Waals surface area contributed by atoms with E-state index in [-0.39, 0.29) is 5.91 Å². The molecule has 30 heavy (non-hydrogen) atoms. The second kappa shape index (κ2) is 10.1. The minimum atomic E-state index is -0.116. The number of thioether (sulfide) groups is 1. The number of nitrogens with zero attached hydrogens (tertiary/aromatic N) is 6. The lowest BCUT2D eigenvalue weighted by Gasteiger charge is -2.11. The summed E-state index contributed by atoms with van der Waals surface area (Å²) in [6, 6.07) is 1.85. The van der Waals surface area contributed by atoms with E-state index in [1.165, 1.54) is 0 Å². The minimum Gasteiger partial charge on any atom is -0.352 e. The fourth-order valence-corrected chi connectivity index (χ4v) is 3.85. The molecule has 0 saturated heterocycles. The van der Waals surface area contributed by atoms with E-state index < -0.39 is 0 Å². The van der Waals surface area contributed by atoms with E-state index in [9.17, 15) is 4.79 Å². The van der Waals surface area contributed by atoms with Gasteiger partial charge in [0.1, 0.15) is 5.82 Å². The number of nitrogens with one attached hydrogen (secondary N) is 1. The fourth-order valence-electron chi connectivity index (χ4n) is 3.33. The first-order valence-electron chi connectivity index (χ1n) is 10.4. The van der Waals surface area contributed by atoms with Crippen molar-refractivity contribution >= 4 is 28.7 Å². The van der Waals surface area contributed by atoms with Crippen molar-refractivity contribution in [3.05, 3.63) is 29.8 Å². The third-order valence-electron chi connectivity index (χ3n) is 4.66. The van der Waals surface area contributed by atoms with Crippen molar-refractivity contribution in [2.45, 2.75) is 58.8 Å². The van der Waals surface area contributed by atoms with Crippen LogP contribution in [0.15, 0.2) is 23.6 Å². The fraction of sp³-hybridized carbons (Fsp3) is 0.571. The summed E-state index contributed by atoms with van der Waals surface area (Å²) in [5, 5.41) is 17.8. The highest BCUT2D eigenvalue weighted by Crippen LogP contribution is 2.17. The quantitative estimate of drug-likeness (QED) is 0.392. The molecule has 3 rings (SSSR count). The smallest absolute Gasteiger partial charge is 0.252 e. The van der Waals surface area contributed by atoms with Gasteiger partial charge in [-0.05, 0) is 30.6 Å². The Morgan fingerprint density at radius 1 is 1.13 bits per heavy atom. The summed E-state index contributed by atoms with van der Waals surface area (Å²) >= 11 is 1.61. The molecule has 0 aliphatic carbocycles. The third-order valence-corrected chi connectivity index (χ3v) is 5.33. The van der Waals surface area contributed by atoms with Crippen molar-refractivity contribution in [2.24, 2.45) is 11.8 Å². The average molecular weight is 430 g/mol. The van der Waals surface area contributed by atoms with Crippen molar-refractivity contribution in [3.63, 3.8) is 0 Å². The lowest BCUT2D eigenvalue weighted by atomic mass is 10.2. The van der Waals surface area contributed by atoms with Gasteiger partial charge in [0.15, 0.2) is 10.8 Å². The average Bonchev–Trinajstić information content (AvgIpc) is 3.27. The standard InChI is InChI=1S/C21H31N7OS/c1-14(2)12-27-18(25-26-21(27)30-5)7-6-8-22-20(29)17-9-16-11-24-28(13-15(3)4)19(16)23-10-17/h9-11,14-15H,6-8,12-13H2,1-5H3,(H,22,29). The van der Waals surface area contributed by atoms with Gasteiger partial charge < -0.3 is 9.88 Å². The number of aryl methyl sites for hydroxylation is 1. The van der Waals surface area contributed by atoms with E-state index in [2.05, 4.69) is 57.9 Å². The van der Waals surface area contributed by atoms with Crippen LogP contribution < -0.4 is 5.32 Å². The van der Waals surface area contributed by atoms with E-state index in [1.54, 1.807) is 24.2 Å². The number of hydrogen-bond donors (Lipinski definition) is 1. The molecule has 1 N–H and O–H groups in total. The summed E-state index contributed by atoms with van der Waals surface area (Å²) in [5.74, 6) is 1.87. The number of carbonyl (C=O) groups excluding carboxylic acids is 1. The van der Waals surface area contributed by atoms with Gasteiger partial charge in [-0.15, -0.1) is 10.2 Å². The van der Waals surface area contributed by atoms with Crippen molar-refractivity contribution in [1.82, 2.24) is 34.8 Å². The predicted octanol–water partition coefficient (Wildman–Crippen LogP) is 3.42. The summed E-state index contributed by atoms with van der Waals surface area (Å²) in [5.41, 5.74) is 1.37. The van der Waals surface area contributed by atoms with Crippen LogP contribution in [0.1, 0.15) is 50.3 Å². The number of aromatic nitrogens is 6. The molecule has 0 radical (unpaired) electrons. The Morgan fingerprint density at radius 2 is 1.90 bits per heavy atom. The Kier molecular flexibility index (Phi) is 7.47. The Hall–Kier alpha value is -2.42. The Labute approximate surface area is 181 Å². The van der Waals surface area contributed by atoms with Gasteiger partial charge in [0.2, 0.25) is 0 Å². The molecule has 0 aliphatic rings. The van der Waals surface area contributed by atoms with Crippen molar-refractivity contribution < 1.29 is 4.79 Å². The van der Waals surface area contributed by atoms with Gasteiger partial charge >= 0.3 is 0 Å². The highest BCUT2D eigenvalue weighted by molar-refractivity contribution is 7.98. The lowest BCUT2D eigenvalue weighted by molar-refractivity contribution is 0.0953. The third kappa shape index (κ3) is 5.38. The first-order valence-corrected chi connectivity index (χ1v) is 11.7. The van der Waals surface area contributed by atoms with Gasteiger partial charge in [0.05, 0.1) is 11.8 Å². The number of rotatable bonds is 10. The van der Waals surface area contributed by atoms with Crippen LogP contribution >= 0.6 is 11.8 Å². The maximum Gasteiger partial charge on any atom is 0.252 e. The van der Waals surface area contributed by atoms with Gasteiger partial charge in [-0.2, -0.15) is 5.10 Å². The topological polar surface area (TPSA) is 90.5 Å². The zero-order valence-electron chi connectivity index (χ0n) is 18.4. The van der Waals surface area contributed by atoms with E-state index in [0.717, 1.165) is 47.9 Å². The van der Waals surface area contributed by atoms with Gasteiger partial charge in [-0.25, -0.2) is 9.67 Å². The highest BCUT2D eigenvalue weighted by atomic mass is 32.2. The summed E-state index contributed by atoms with van der Waals surface area (Å²) in [6.45, 7) is 10.9. The zero-order valence-corrected chi connectivity index (χ0v) is 19.2. The SMILES string of the molecule is CSc1nnc(CCCNC(=O)c2cnc3c(cnn3CC(C)C)c2)n1CC(C)C. The summed E-state index contributed by atoms with van der Waals surface area (Å²) in [7, 11) is 0. The second-order valence-electron chi connectivity index (χ2n) is 8.32. The number of pyridine rings is 1. The van der Waals surface area contributed by atoms with Gasteiger partial charge in [-0.1, -0.05) is 39.5 Å². The van der Waals surface area contributed by atoms with Crippen LogP contribution in [0.2, 0.25) is 0 Å². The maximum absolute atomic E-state index is 12.5. The molecule has 9 heteroatoms. The van der Waals surface area contributed by atoms with Crippen LogP contribution in [0.3, 0.4) is 0 Å². The molecule has 0 bridgehead atoms. The summed E-state index contributed by atoms with van der Waals surface area (Å²) in [6.07, 6.45) is 6.99. The van der Waals surface area contributed by atoms with Crippen molar-refractivity contribution in [2.75, 3.05) is 12.8 Å². The number of hydrogen-bond acceptors (Lipinski definition) is 6. The molecule has 0 saturated carbocycles. The van der Waals surface area contributed by atoms with E-state index in [1.807, 2.05) is 17.0 Å². The molecular formula is C21H31N7OS. The van der Waals surface area contributed by atoms with Crippen molar-refractivity contribution in [1.29, 1.82) is 0 Å². The first-order chi connectivity index (χ1) is 14.4. The van der Waals surface area contributed by atoms with Crippen LogP contribution in [0, 0.1) is 11.8 Å². The molecule has 0 atom stereocenters. The van der Waals surface area contributed by atoms with E-state index >= 15 is 0 Å². The van der Waals surface area contributed by atoms with Crippen LogP contribution in [0.25, 0.3) is 11.0 Å². The normalized spacial score (nSPS) is 11.7. The first kappa shape index (κ1) is 22.3. The second-order valence-corrected chi connectivity index (χ2v) is 9.10. The molecule has 0 aliphatic heterocycles. The molecule has 8 nitrogen and oxygen atoms in total. The van der Waals surface area contributed by atoms with Gasteiger partial charge in [0, 0.05) is 37.6 Å². The highest BCUT2D eigenvalue weighted by Gasteiger charge is 2.14. The Bertz CT molecular complexity index is 993. The van der Waals surface area contributed by atoms with Crippen LogP contribution in [-0.4, -0.2) is 48.2 Å². The van der Waals surface area contributed by atoms with Crippen LogP contribution in [0.4, 0.5) is 0 Å². The Balaban J connectivity index is 1.56. The van der Waals surface area contributed by atoms with E-state index in [0.29, 0.717) is 23.9 Å². The minimum absolute atomic E-state index is 0.116. The Morgan fingerprint density at radius 3 is 2.60 bits per heavy atom. The van der Waals surface area contributed by atoms with Crippen LogP contribution in [-0.2, 0) is 19.5 Å². The largest absolute Gasteiger partial charge is 0.352 e. The van der Waals surface area contributed by atoms with Crippen molar-refractivity contribution in [3.8, 4) is 0 Å². The molecular weight excluding hydrogens is 398 g/mol. The molecule has 0 unspecified atom stereocenters. The molecule has 162 valence electrons. The zero-order chi connectivity index (χ0) is 21.7. The molecule has 3 heterocycles. The summed E-state index contributed by atoms with van der Waals surface area (Å²) in [4.78, 5) is 17.0. The maximum atomic E-state index is 12.5. The number of fused-ring (bicyclic) bond motifs is 1.